The minimum Gasteiger partial charge on any atom is -0.389 e. The van der Waals surface area contributed by atoms with Crippen LogP contribution in [-0.2, 0) is 4.74 Å². The zero-order chi connectivity index (χ0) is 15.2. The monoisotopic (exact) mass is 312 g/mol. The molecule has 0 aromatic carbocycles. The number of aliphatic hydroxyl groups is 1. The molecule has 1 atom stereocenters. The third-order valence-corrected chi connectivity index (χ3v) is 4.83. The highest BCUT2D eigenvalue weighted by Crippen LogP contribution is 2.17. The van der Waals surface area contributed by atoms with E-state index in [0.717, 1.165) is 36.4 Å². The molecule has 1 aromatic rings. The number of carbonyl (C=O) groups is 1. The van der Waals surface area contributed by atoms with E-state index in [2.05, 4.69) is 10.2 Å². The van der Waals surface area contributed by atoms with Gasteiger partial charge in [-0.3, -0.25) is 4.79 Å². The second kappa shape index (κ2) is 7.89. The first kappa shape index (κ1) is 16.4. The maximum Gasteiger partial charge on any atom is 0.261 e. The number of β-amino-alcohol motifs (C(OH)–C–C–N with tert-alkyl or cyclic N) is 1. The predicted molar refractivity (Wildman–Crippen MR) is 83.9 cm³/mol. The molecular weight excluding hydrogens is 288 g/mol. The number of piperidine rings is 1. The number of rotatable bonds is 6. The van der Waals surface area contributed by atoms with E-state index in [-0.39, 0.29) is 11.9 Å². The number of hydrogen-bond donors (Lipinski definition) is 2. The Kier molecular flexibility index (Phi) is 6.17. The van der Waals surface area contributed by atoms with Gasteiger partial charge >= 0.3 is 0 Å². The highest BCUT2D eigenvalue weighted by molar-refractivity contribution is 7.12. The van der Waals surface area contributed by atoms with Crippen molar-refractivity contribution in [2.24, 2.45) is 0 Å². The number of thiophene rings is 1. The predicted octanol–water partition coefficient (Wildman–Crippen LogP) is 1.26. The van der Waals surface area contributed by atoms with Gasteiger partial charge in [0.25, 0.3) is 5.91 Å². The summed E-state index contributed by atoms with van der Waals surface area (Å²) in [6, 6.07) is 2.20. The summed E-state index contributed by atoms with van der Waals surface area (Å²) < 4.78 is 4.94. The van der Waals surface area contributed by atoms with Gasteiger partial charge in [0.2, 0.25) is 0 Å². The van der Waals surface area contributed by atoms with Crippen LogP contribution in [0.15, 0.2) is 11.4 Å². The Morgan fingerprint density at radius 3 is 2.86 bits per heavy atom. The van der Waals surface area contributed by atoms with Gasteiger partial charge < -0.3 is 20.1 Å². The summed E-state index contributed by atoms with van der Waals surface area (Å²) in [5.41, 5.74) is 1.04. The summed E-state index contributed by atoms with van der Waals surface area (Å²) in [4.78, 5) is 15.2. The normalized spacial score (nSPS) is 18.6. The summed E-state index contributed by atoms with van der Waals surface area (Å²) in [6.45, 7) is 4.77. The lowest BCUT2D eigenvalue weighted by molar-refractivity contribution is 0.0309. The molecule has 0 radical (unpaired) electrons. The topological polar surface area (TPSA) is 61.8 Å². The fraction of sp³-hybridized carbons (Fsp3) is 0.667. The number of aliphatic hydroxyl groups excluding tert-OH is 1. The number of nitrogens with zero attached hydrogens (tertiary/aromatic N) is 1. The number of amides is 1. The Balaban J connectivity index is 1.74. The van der Waals surface area contributed by atoms with Crippen molar-refractivity contribution < 1.29 is 14.6 Å². The van der Waals surface area contributed by atoms with Crippen molar-refractivity contribution in [1.82, 2.24) is 10.2 Å². The average molecular weight is 312 g/mol. The summed E-state index contributed by atoms with van der Waals surface area (Å²) >= 11 is 1.49. The lowest BCUT2D eigenvalue weighted by Crippen LogP contribution is -2.46. The number of likely N-dealkylation sites (tertiary alicyclic amines) is 1. The first-order chi connectivity index (χ1) is 10.1. The number of nitrogens with one attached hydrogen (secondary N) is 1. The van der Waals surface area contributed by atoms with E-state index in [1.807, 2.05) is 18.4 Å². The van der Waals surface area contributed by atoms with Crippen LogP contribution in [0.25, 0.3) is 0 Å². The highest BCUT2D eigenvalue weighted by Gasteiger charge is 2.23. The second-order valence-electron chi connectivity index (χ2n) is 5.59. The summed E-state index contributed by atoms with van der Waals surface area (Å²) in [6.07, 6.45) is 1.42. The first-order valence-corrected chi connectivity index (χ1v) is 8.22. The van der Waals surface area contributed by atoms with Crippen molar-refractivity contribution in [3.05, 3.63) is 21.9 Å². The van der Waals surface area contributed by atoms with Gasteiger partial charge in [-0.1, -0.05) is 0 Å². The molecule has 1 fully saturated rings. The van der Waals surface area contributed by atoms with E-state index in [9.17, 15) is 9.90 Å². The molecule has 118 valence electrons. The lowest BCUT2D eigenvalue weighted by Gasteiger charge is -2.33. The molecule has 1 saturated heterocycles. The fourth-order valence-corrected chi connectivity index (χ4v) is 3.49. The van der Waals surface area contributed by atoms with E-state index < -0.39 is 6.10 Å². The van der Waals surface area contributed by atoms with Crippen LogP contribution in [0.3, 0.4) is 0 Å². The molecule has 2 rings (SSSR count). The molecule has 1 aliphatic rings. The number of methoxy groups -OCH3 is 1. The van der Waals surface area contributed by atoms with Gasteiger partial charge in [-0.15, -0.1) is 11.3 Å². The van der Waals surface area contributed by atoms with Crippen LogP contribution in [0, 0.1) is 6.92 Å². The molecule has 6 heteroatoms. The standard InChI is InChI=1S/C15H24N2O3S/c1-11-5-8-21-14(11)15(19)16-12-3-6-17(7-4-12)9-13(18)10-20-2/h5,8,12-13,18H,3-4,6-7,9-10H2,1-2H3,(H,16,19). The van der Waals surface area contributed by atoms with Crippen LogP contribution >= 0.6 is 11.3 Å². The van der Waals surface area contributed by atoms with Crippen LogP contribution < -0.4 is 5.32 Å². The van der Waals surface area contributed by atoms with Crippen molar-refractivity contribution in [3.8, 4) is 0 Å². The number of aryl methyl sites for hydroxylation is 1. The zero-order valence-electron chi connectivity index (χ0n) is 12.7. The Hall–Kier alpha value is -0.950. The number of ether oxygens (including phenoxy) is 1. The number of hydrogen-bond acceptors (Lipinski definition) is 5. The third kappa shape index (κ3) is 4.78. The molecule has 2 N–H and O–H groups in total. The van der Waals surface area contributed by atoms with Gasteiger partial charge in [0, 0.05) is 32.8 Å². The van der Waals surface area contributed by atoms with Crippen molar-refractivity contribution in [2.45, 2.75) is 31.9 Å². The molecule has 2 heterocycles. The van der Waals surface area contributed by atoms with Crippen LogP contribution in [0.1, 0.15) is 28.1 Å². The van der Waals surface area contributed by atoms with Gasteiger partial charge in [0.1, 0.15) is 0 Å². The van der Waals surface area contributed by atoms with Gasteiger partial charge in [-0.2, -0.15) is 0 Å². The Morgan fingerprint density at radius 1 is 1.57 bits per heavy atom. The van der Waals surface area contributed by atoms with Crippen LogP contribution in [-0.4, -0.2) is 61.4 Å². The summed E-state index contributed by atoms with van der Waals surface area (Å²) in [5, 5.41) is 14.8. The van der Waals surface area contributed by atoms with Crippen LogP contribution in [0.2, 0.25) is 0 Å². The van der Waals surface area contributed by atoms with E-state index in [1.165, 1.54) is 11.3 Å². The summed E-state index contributed by atoms with van der Waals surface area (Å²) in [7, 11) is 1.59. The molecule has 1 unspecified atom stereocenters. The largest absolute Gasteiger partial charge is 0.389 e. The first-order valence-electron chi connectivity index (χ1n) is 7.34. The van der Waals surface area contributed by atoms with Gasteiger partial charge in [-0.05, 0) is 36.8 Å². The van der Waals surface area contributed by atoms with E-state index in [4.69, 9.17) is 4.74 Å². The van der Waals surface area contributed by atoms with Gasteiger partial charge in [0.15, 0.2) is 0 Å². The quantitative estimate of drug-likeness (QED) is 0.830. The van der Waals surface area contributed by atoms with E-state index >= 15 is 0 Å². The summed E-state index contributed by atoms with van der Waals surface area (Å²) in [5.74, 6) is 0.0420. The Morgan fingerprint density at radius 2 is 2.29 bits per heavy atom. The Bertz CT molecular complexity index is 456. The second-order valence-corrected chi connectivity index (χ2v) is 6.51. The minimum absolute atomic E-state index is 0.0420. The van der Waals surface area contributed by atoms with Crippen molar-refractivity contribution in [2.75, 3.05) is 33.4 Å². The van der Waals surface area contributed by atoms with Crippen LogP contribution in [0.5, 0.6) is 0 Å². The molecule has 5 nitrogen and oxygen atoms in total. The maximum atomic E-state index is 12.2. The minimum atomic E-state index is -0.435. The van der Waals surface area contributed by atoms with Crippen LogP contribution in [0.4, 0.5) is 0 Å². The fourth-order valence-electron chi connectivity index (χ4n) is 2.66. The highest BCUT2D eigenvalue weighted by atomic mass is 32.1. The number of carbonyl (C=O) groups excluding carboxylic acids is 1. The van der Waals surface area contributed by atoms with Crippen molar-refractivity contribution in [3.63, 3.8) is 0 Å². The van der Waals surface area contributed by atoms with Crippen molar-refractivity contribution in [1.29, 1.82) is 0 Å². The van der Waals surface area contributed by atoms with Gasteiger partial charge in [0.05, 0.1) is 17.6 Å². The van der Waals surface area contributed by atoms with E-state index in [0.29, 0.717) is 13.2 Å². The molecule has 1 aliphatic heterocycles. The molecule has 0 aliphatic carbocycles. The smallest absolute Gasteiger partial charge is 0.261 e. The molecular formula is C15H24N2O3S. The van der Waals surface area contributed by atoms with Crippen molar-refractivity contribution >= 4 is 17.2 Å². The SMILES string of the molecule is COCC(O)CN1CCC(NC(=O)c2sccc2C)CC1. The molecule has 21 heavy (non-hydrogen) atoms. The Labute approximate surface area is 129 Å². The molecule has 1 amide bonds. The molecule has 0 saturated carbocycles. The molecule has 1 aromatic heterocycles. The lowest BCUT2D eigenvalue weighted by atomic mass is 10.0. The van der Waals surface area contributed by atoms with Gasteiger partial charge in [-0.25, -0.2) is 0 Å². The average Bonchev–Trinajstić information content (AvgIpc) is 2.87. The third-order valence-electron chi connectivity index (χ3n) is 3.82. The molecule has 0 bridgehead atoms. The van der Waals surface area contributed by atoms with E-state index in [1.54, 1.807) is 7.11 Å². The molecule has 0 spiro atoms. The maximum absolute atomic E-state index is 12.2. The zero-order valence-corrected chi connectivity index (χ0v) is 13.5.